The number of benzene rings is 3. The fourth-order valence-electron chi connectivity index (χ4n) is 3.42. The van der Waals surface area contributed by atoms with Crippen LogP contribution in [0.1, 0.15) is 17.2 Å². The molecule has 6 heteroatoms. The van der Waals surface area contributed by atoms with E-state index < -0.39 is 0 Å². The van der Waals surface area contributed by atoms with Gasteiger partial charge in [0.1, 0.15) is 12.1 Å². The van der Waals surface area contributed by atoms with E-state index >= 15 is 0 Å². The zero-order chi connectivity index (χ0) is 20.2. The first-order valence-corrected chi connectivity index (χ1v) is 9.33. The summed E-state index contributed by atoms with van der Waals surface area (Å²) in [7, 11) is 1.74. The van der Waals surface area contributed by atoms with Gasteiger partial charge in [-0.05, 0) is 23.3 Å². The van der Waals surface area contributed by atoms with Gasteiger partial charge in [0.15, 0.2) is 0 Å². The van der Waals surface area contributed by atoms with Crippen molar-refractivity contribution in [3.05, 3.63) is 106 Å². The maximum absolute atomic E-state index is 13.1. The number of hydrogen-bond acceptors (Lipinski definition) is 4. The Labute approximate surface area is 168 Å². The summed E-state index contributed by atoms with van der Waals surface area (Å²) in [6.07, 6.45) is 0. The fourth-order valence-corrected chi connectivity index (χ4v) is 3.42. The first-order chi connectivity index (χ1) is 14.1. The summed E-state index contributed by atoms with van der Waals surface area (Å²) in [6, 6.07) is 26.3. The molecular formula is C23H20N4O2. The van der Waals surface area contributed by atoms with E-state index in [2.05, 4.69) is 10.3 Å². The van der Waals surface area contributed by atoms with Gasteiger partial charge in [0, 0.05) is 7.05 Å². The van der Waals surface area contributed by atoms with Crippen LogP contribution in [-0.2, 0) is 11.3 Å². The summed E-state index contributed by atoms with van der Waals surface area (Å²) in [5.41, 5.74) is 2.17. The summed E-state index contributed by atoms with van der Waals surface area (Å²) in [5, 5.41) is 8.44. The largest absolute Gasteiger partial charge is 0.333 e. The highest BCUT2D eigenvalue weighted by Gasteiger charge is 2.24. The molecule has 29 heavy (non-hydrogen) atoms. The predicted molar refractivity (Wildman–Crippen MR) is 111 cm³/mol. The molecule has 0 saturated heterocycles. The number of carbonyl (C=O) groups excluding carboxylic acids is 1. The van der Waals surface area contributed by atoms with Crippen LogP contribution in [0, 0.1) is 0 Å². The average Bonchev–Trinajstić information content (AvgIpc) is 2.77. The number of rotatable bonds is 5. The second-order valence-electron chi connectivity index (χ2n) is 6.80. The first kappa shape index (κ1) is 18.6. The van der Waals surface area contributed by atoms with Gasteiger partial charge in [-0.25, -0.2) is 4.68 Å². The lowest BCUT2D eigenvalue weighted by molar-refractivity contribution is -0.132. The lowest BCUT2D eigenvalue weighted by Gasteiger charge is -2.29. The topological polar surface area (TPSA) is 68.1 Å². The van der Waals surface area contributed by atoms with Crippen LogP contribution in [0.15, 0.2) is 89.7 Å². The lowest BCUT2D eigenvalue weighted by Crippen LogP contribution is -2.38. The molecule has 3 aromatic carbocycles. The number of fused-ring (bicyclic) bond motifs is 1. The van der Waals surface area contributed by atoms with Crippen molar-refractivity contribution in [1.82, 2.24) is 19.9 Å². The molecule has 144 valence electrons. The minimum Gasteiger partial charge on any atom is -0.333 e. The van der Waals surface area contributed by atoms with Crippen LogP contribution in [0.2, 0.25) is 0 Å². The van der Waals surface area contributed by atoms with Crippen molar-refractivity contribution in [2.45, 2.75) is 12.6 Å². The number of aromatic nitrogens is 3. The van der Waals surface area contributed by atoms with Crippen molar-refractivity contribution in [1.29, 1.82) is 0 Å². The van der Waals surface area contributed by atoms with Gasteiger partial charge >= 0.3 is 0 Å². The molecular weight excluding hydrogens is 364 g/mol. The van der Waals surface area contributed by atoms with Crippen LogP contribution in [0.3, 0.4) is 0 Å². The highest BCUT2D eigenvalue weighted by Crippen LogP contribution is 2.27. The van der Waals surface area contributed by atoms with Crippen LogP contribution in [0.25, 0.3) is 10.9 Å². The van der Waals surface area contributed by atoms with Gasteiger partial charge in [-0.1, -0.05) is 78.0 Å². The SMILES string of the molecule is CN(C(=O)Cn1nnc2ccccc2c1=O)C(c1ccccc1)c1ccccc1. The maximum Gasteiger partial charge on any atom is 0.278 e. The van der Waals surface area contributed by atoms with Crippen molar-refractivity contribution in [2.24, 2.45) is 0 Å². The molecule has 0 bridgehead atoms. The summed E-state index contributed by atoms with van der Waals surface area (Å²) in [6.45, 7) is -0.177. The van der Waals surface area contributed by atoms with Gasteiger partial charge in [0.05, 0.1) is 11.4 Å². The Kier molecular flexibility index (Phi) is 5.16. The van der Waals surface area contributed by atoms with Crippen LogP contribution >= 0.6 is 0 Å². The Hall–Kier alpha value is -3.80. The summed E-state index contributed by atoms with van der Waals surface area (Å²) >= 11 is 0. The van der Waals surface area contributed by atoms with Crippen LogP contribution < -0.4 is 5.56 Å². The summed E-state index contributed by atoms with van der Waals surface area (Å²) in [4.78, 5) is 27.4. The van der Waals surface area contributed by atoms with E-state index in [1.807, 2.05) is 60.7 Å². The van der Waals surface area contributed by atoms with E-state index in [1.165, 1.54) is 0 Å². The molecule has 0 unspecified atom stereocenters. The molecule has 0 radical (unpaired) electrons. The van der Waals surface area contributed by atoms with Crippen LogP contribution in [-0.4, -0.2) is 32.8 Å². The number of likely N-dealkylation sites (N-methyl/N-ethyl adjacent to an activating group) is 1. The van der Waals surface area contributed by atoms with Gasteiger partial charge in [-0.2, -0.15) is 0 Å². The van der Waals surface area contributed by atoms with E-state index in [0.29, 0.717) is 10.9 Å². The second kappa shape index (κ2) is 8.06. The highest BCUT2D eigenvalue weighted by molar-refractivity contribution is 5.79. The summed E-state index contributed by atoms with van der Waals surface area (Å²) in [5.74, 6) is -0.227. The van der Waals surface area contributed by atoms with Gasteiger partial charge < -0.3 is 4.90 Å². The molecule has 0 aliphatic carbocycles. The Morgan fingerprint density at radius 3 is 2.07 bits per heavy atom. The Morgan fingerprint density at radius 1 is 0.897 bits per heavy atom. The lowest BCUT2D eigenvalue weighted by atomic mass is 9.97. The van der Waals surface area contributed by atoms with Gasteiger partial charge in [0.25, 0.3) is 5.56 Å². The molecule has 0 N–H and O–H groups in total. The molecule has 4 rings (SSSR count). The minimum atomic E-state index is -0.326. The standard InChI is InChI=1S/C23H20N4O2/c1-26(22(17-10-4-2-5-11-17)18-12-6-3-7-13-18)21(28)16-27-23(29)19-14-8-9-15-20(19)24-25-27/h2-15,22H,16H2,1H3. The van der Waals surface area contributed by atoms with E-state index in [9.17, 15) is 9.59 Å². The molecule has 0 atom stereocenters. The Bertz CT molecular complexity index is 1150. The van der Waals surface area contributed by atoms with Gasteiger partial charge in [-0.15, -0.1) is 5.10 Å². The van der Waals surface area contributed by atoms with Crippen molar-refractivity contribution in [2.75, 3.05) is 7.05 Å². The third-order valence-corrected chi connectivity index (χ3v) is 4.93. The zero-order valence-electron chi connectivity index (χ0n) is 16.0. The van der Waals surface area contributed by atoms with Crippen molar-refractivity contribution >= 4 is 16.8 Å². The average molecular weight is 384 g/mol. The second-order valence-corrected chi connectivity index (χ2v) is 6.80. The Balaban J connectivity index is 1.66. The number of carbonyl (C=O) groups is 1. The molecule has 0 spiro atoms. The van der Waals surface area contributed by atoms with Crippen LogP contribution in [0.4, 0.5) is 0 Å². The molecule has 0 aliphatic rings. The maximum atomic E-state index is 13.1. The number of nitrogens with zero attached hydrogens (tertiary/aromatic N) is 4. The van der Waals surface area contributed by atoms with Crippen molar-refractivity contribution in [3.63, 3.8) is 0 Å². The normalized spacial score (nSPS) is 11.0. The summed E-state index contributed by atoms with van der Waals surface area (Å²) < 4.78 is 1.12. The molecule has 0 saturated carbocycles. The van der Waals surface area contributed by atoms with E-state index in [4.69, 9.17) is 0 Å². The van der Waals surface area contributed by atoms with Crippen molar-refractivity contribution < 1.29 is 4.79 Å². The van der Waals surface area contributed by atoms with Gasteiger partial charge in [0.2, 0.25) is 5.91 Å². The fraction of sp³-hybridized carbons (Fsp3) is 0.130. The number of hydrogen-bond donors (Lipinski definition) is 0. The van der Waals surface area contributed by atoms with E-state index in [-0.39, 0.29) is 24.1 Å². The predicted octanol–water partition coefficient (Wildman–Crippen LogP) is 3.04. The Morgan fingerprint density at radius 2 is 1.45 bits per heavy atom. The van der Waals surface area contributed by atoms with Crippen molar-refractivity contribution in [3.8, 4) is 0 Å². The quantitative estimate of drug-likeness (QED) is 0.530. The minimum absolute atomic E-state index is 0.177. The zero-order valence-corrected chi connectivity index (χ0v) is 16.0. The molecule has 1 amide bonds. The first-order valence-electron chi connectivity index (χ1n) is 9.33. The van der Waals surface area contributed by atoms with Gasteiger partial charge in [-0.3, -0.25) is 9.59 Å². The molecule has 4 aromatic rings. The van der Waals surface area contributed by atoms with E-state index in [1.54, 1.807) is 36.2 Å². The molecule has 1 heterocycles. The molecule has 0 aliphatic heterocycles. The van der Waals surface area contributed by atoms with E-state index in [0.717, 1.165) is 15.8 Å². The smallest absolute Gasteiger partial charge is 0.278 e. The molecule has 0 fully saturated rings. The third-order valence-electron chi connectivity index (χ3n) is 4.93. The highest BCUT2D eigenvalue weighted by atomic mass is 16.2. The molecule has 6 nitrogen and oxygen atoms in total. The number of amides is 1. The third kappa shape index (κ3) is 3.78. The monoisotopic (exact) mass is 384 g/mol. The molecule has 1 aromatic heterocycles. The van der Waals surface area contributed by atoms with Crippen LogP contribution in [0.5, 0.6) is 0 Å².